The van der Waals surface area contributed by atoms with E-state index in [0.29, 0.717) is 0 Å². The Morgan fingerprint density at radius 3 is 2.02 bits per heavy atom. The first-order valence-corrected chi connectivity index (χ1v) is 13.4. The molecule has 7 aromatic rings. The van der Waals surface area contributed by atoms with Crippen LogP contribution in [0.5, 0.6) is 23.0 Å². The predicted molar refractivity (Wildman–Crippen MR) is 161 cm³/mol. The number of ether oxygens (including phenoxy) is 2. The zero-order valence-electron chi connectivity index (χ0n) is 21.4. The highest BCUT2D eigenvalue weighted by molar-refractivity contribution is 6.12. The highest BCUT2D eigenvalue weighted by atomic mass is 16.5. The van der Waals surface area contributed by atoms with E-state index in [9.17, 15) is 0 Å². The Hall–Kier alpha value is -5.48. The maximum Gasteiger partial charge on any atom is 0.155 e. The minimum Gasteiger partial charge on any atom is -0.453 e. The van der Waals surface area contributed by atoms with Gasteiger partial charge < -0.3 is 14.0 Å². The van der Waals surface area contributed by atoms with E-state index in [-0.39, 0.29) is 0 Å². The number of fused-ring (bicyclic) bond motifs is 7. The van der Waals surface area contributed by atoms with Crippen LogP contribution in [0.25, 0.3) is 38.6 Å². The van der Waals surface area contributed by atoms with E-state index in [1.807, 2.05) is 30.3 Å². The van der Waals surface area contributed by atoms with Crippen LogP contribution in [0.2, 0.25) is 0 Å². The lowest BCUT2D eigenvalue weighted by Crippen LogP contribution is -2.20. The predicted octanol–water partition coefficient (Wildman–Crippen LogP) is 10.1. The molecule has 6 aromatic carbocycles. The first kappa shape index (κ1) is 21.5. The fourth-order valence-electron chi connectivity index (χ4n) is 6.20. The van der Waals surface area contributed by atoms with E-state index in [1.165, 1.54) is 21.9 Å². The summed E-state index contributed by atoms with van der Waals surface area (Å²) in [6.07, 6.45) is 0. The highest BCUT2D eigenvalue weighted by Crippen LogP contribution is 2.60. The zero-order chi connectivity index (χ0) is 26.2. The van der Waals surface area contributed by atoms with E-state index < -0.39 is 0 Å². The second kappa shape index (κ2) is 8.01. The Bertz CT molecular complexity index is 2130. The summed E-state index contributed by atoms with van der Waals surface area (Å²) in [5, 5.41) is 2.37. The van der Waals surface area contributed by atoms with Crippen LogP contribution in [0, 0.1) is 0 Å². The summed E-state index contributed by atoms with van der Waals surface area (Å²) >= 11 is 0. The number of para-hydroxylation sites is 4. The van der Waals surface area contributed by atoms with Gasteiger partial charge in [-0.2, -0.15) is 0 Å². The van der Waals surface area contributed by atoms with Crippen molar-refractivity contribution in [1.29, 1.82) is 0 Å². The fourth-order valence-corrected chi connectivity index (χ4v) is 6.20. The van der Waals surface area contributed by atoms with Crippen LogP contribution >= 0.6 is 0 Å². The molecule has 9 rings (SSSR count). The lowest BCUT2D eigenvalue weighted by Gasteiger charge is -2.37. The monoisotopic (exact) mass is 514 g/mol. The van der Waals surface area contributed by atoms with Gasteiger partial charge in [0.2, 0.25) is 0 Å². The summed E-state index contributed by atoms with van der Waals surface area (Å²) in [6.45, 7) is 0. The van der Waals surface area contributed by atoms with Crippen LogP contribution < -0.4 is 14.4 Å². The maximum atomic E-state index is 6.59. The van der Waals surface area contributed by atoms with Crippen LogP contribution in [0.1, 0.15) is 0 Å². The molecule has 0 radical (unpaired) electrons. The Labute approximate surface area is 230 Å². The molecule has 2 aliphatic rings. The van der Waals surface area contributed by atoms with Gasteiger partial charge >= 0.3 is 0 Å². The SMILES string of the molecule is c1ccc(-c2cccc(-n3c4ccccc4c4cc5c(cc43)Oc3cccc4c3N5c3ccccc3O4)c2)cc1. The molecule has 0 saturated heterocycles. The van der Waals surface area contributed by atoms with E-state index in [4.69, 9.17) is 9.47 Å². The summed E-state index contributed by atoms with van der Waals surface area (Å²) < 4.78 is 15.2. The average molecular weight is 515 g/mol. The third kappa shape index (κ3) is 2.96. The van der Waals surface area contributed by atoms with Gasteiger partial charge in [-0.25, -0.2) is 0 Å². The smallest absolute Gasteiger partial charge is 0.155 e. The third-order valence-electron chi connectivity index (χ3n) is 7.94. The second-order valence-corrected chi connectivity index (χ2v) is 10.2. The number of hydrogen-bond acceptors (Lipinski definition) is 3. The van der Waals surface area contributed by atoms with Crippen molar-refractivity contribution in [2.45, 2.75) is 0 Å². The van der Waals surface area contributed by atoms with Gasteiger partial charge in [0.15, 0.2) is 23.0 Å². The first-order valence-electron chi connectivity index (χ1n) is 13.4. The molecule has 0 bridgehead atoms. The van der Waals surface area contributed by atoms with Crippen molar-refractivity contribution in [2.24, 2.45) is 0 Å². The van der Waals surface area contributed by atoms with Crippen molar-refractivity contribution in [2.75, 3.05) is 4.90 Å². The number of aromatic nitrogens is 1. The van der Waals surface area contributed by atoms with Crippen LogP contribution in [-0.2, 0) is 0 Å². The number of nitrogens with zero attached hydrogens (tertiary/aromatic N) is 2. The third-order valence-corrected chi connectivity index (χ3v) is 7.94. The molecule has 2 aliphatic heterocycles. The molecule has 0 fully saturated rings. The van der Waals surface area contributed by atoms with Crippen molar-refractivity contribution in [3.63, 3.8) is 0 Å². The average Bonchev–Trinajstić information content (AvgIpc) is 3.33. The molecular weight excluding hydrogens is 492 g/mol. The van der Waals surface area contributed by atoms with Gasteiger partial charge in [-0.15, -0.1) is 0 Å². The Morgan fingerprint density at radius 1 is 0.425 bits per heavy atom. The van der Waals surface area contributed by atoms with E-state index in [0.717, 1.165) is 56.8 Å². The Morgan fingerprint density at radius 2 is 1.12 bits per heavy atom. The topological polar surface area (TPSA) is 26.6 Å². The summed E-state index contributed by atoms with van der Waals surface area (Å²) in [7, 11) is 0. The molecule has 4 heteroatoms. The van der Waals surface area contributed by atoms with Gasteiger partial charge in [-0.05, 0) is 59.7 Å². The van der Waals surface area contributed by atoms with E-state index >= 15 is 0 Å². The summed E-state index contributed by atoms with van der Waals surface area (Å²) in [4.78, 5) is 2.28. The van der Waals surface area contributed by atoms with E-state index in [1.54, 1.807) is 0 Å². The molecule has 0 atom stereocenters. The van der Waals surface area contributed by atoms with Gasteiger partial charge in [0, 0.05) is 22.5 Å². The molecule has 0 unspecified atom stereocenters. The minimum absolute atomic E-state index is 0.785. The van der Waals surface area contributed by atoms with Crippen molar-refractivity contribution in [3.05, 3.63) is 133 Å². The zero-order valence-corrected chi connectivity index (χ0v) is 21.4. The lowest BCUT2D eigenvalue weighted by atomic mass is 10.0. The van der Waals surface area contributed by atoms with Crippen LogP contribution in [0.3, 0.4) is 0 Å². The molecule has 4 nitrogen and oxygen atoms in total. The van der Waals surface area contributed by atoms with Gasteiger partial charge in [0.1, 0.15) is 5.69 Å². The molecular formula is C36H22N2O2. The molecule has 1 aromatic heterocycles. The van der Waals surface area contributed by atoms with Crippen LogP contribution in [0.15, 0.2) is 133 Å². The van der Waals surface area contributed by atoms with Crippen molar-refractivity contribution in [3.8, 4) is 39.8 Å². The lowest BCUT2D eigenvalue weighted by molar-refractivity contribution is 0.446. The Kier molecular flexibility index (Phi) is 4.30. The highest BCUT2D eigenvalue weighted by Gasteiger charge is 2.35. The number of rotatable bonds is 2. The molecule has 0 N–H and O–H groups in total. The molecule has 0 aliphatic carbocycles. The maximum absolute atomic E-state index is 6.59. The number of benzene rings is 6. The van der Waals surface area contributed by atoms with Crippen molar-refractivity contribution in [1.82, 2.24) is 4.57 Å². The van der Waals surface area contributed by atoms with Crippen molar-refractivity contribution < 1.29 is 9.47 Å². The summed E-state index contributed by atoms with van der Waals surface area (Å²) in [5.41, 5.74) is 8.70. The molecule has 0 saturated carbocycles. The standard InChI is InChI=1S/C36H22N2O2/c1-2-10-23(11-3-1)24-12-8-13-25(20-24)37-28-15-5-4-14-26(28)27-21-31-35(22-30(27)37)40-34-19-9-18-33-36(34)38(31)29-16-6-7-17-32(29)39-33/h1-22H. The van der Waals surface area contributed by atoms with Gasteiger partial charge in [0.05, 0.1) is 22.4 Å². The number of hydrogen-bond donors (Lipinski definition) is 0. The van der Waals surface area contributed by atoms with Gasteiger partial charge in [-0.1, -0.05) is 78.9 Å². The molecule has 0 amide bonds. The summed E-state index contributed by atoms with van der Waals surface area (Å²) in [5.74, 6) is 3.23. The Balaban J connectivity index is 1.32. The van der Waals surface area contributed by atoms with Gasteiger partial charge in [0.25, 0.3) is 0 Å². The van der Waals surface area contributed by atoms with Crippen molar-refractivity contribution >= 4 is 38.9 Å². The van der Waals surface area contributed by atoms with E-state index in [2.05, 4.69) is 113 Å². The fraction of sp³-hybridized carbons (Fsp3) is 0. The molecule has 40 heavy (non-hydrogen) atoms. The normalized spacial score (nSPS) is 12.8. The first-order chi connectivity index (χ1) is 19.8. The molecule has 0 spiro atoms. The molecule has 3 heterocycles. The van der Waals surface area contributed by atoms with Crippen LogP contribution in [-0.4, -0.2) is 4.57 Å². The second-order valence-electron chi connectivity index (χ2n) is 10.2. The number of anilines is 3. The molecule has 188 valence electrons. The quantitative estimate of drug-likeness (QED) is 0.230. The largest absolute Gasteiger partial charge is 0.453 e. The minimum atomic E-state index is 0.785. The van der Waals surface area contributed by atoms with Crippen LogP contribution in [0.4, 0.5) is 17.1 Å². The van der Waals surface area contributed by atoms with Gasteiger partial charge in [-0.3, -0.25) is 4.90 Å². The summed E-state index contributed by atoms with van der Waals surface area (Å²) in [6, 6.07) is 46.5.